The van der Waals surface area contributed by atoms with Gasteiger partial charge in [0.1, 0.15) is 5.67 Å². The second kappa shape index (κ2) is 7.64. The average molecular weight is 345 g/mol. The summed E-state index contributed by atoms with van der Waals surface area (Å²) in [6, 6.07) is 0. The highest BCUT2D eigenvalue weighted by Gasteiger charge is 2.41. The summed E-state index contributed by atoms with van der Waals surface area (Å²) in [6.07, 6.45) is 11.0. The molecule has 0 radical (unpaired) electrons. The first-order valence-electron chi connectivity index (χ1n) is 10.1. The summed E-state index contributed by atoms with van der Waals surface area (Å²) >= 11 is 0. The lowest BCUT2D eigenvalue weighted by Gasteiger charge is -2.43. The Balaban J connectivity index is 2.51. The van der Waals surface area contributed by atoms with Crippen LogP contribution in [0.2, 0.25) is 0 Å². The van der Waals surface area contributed by atoms with E-state index in [9.17, 15) is 4.39 Å². The van der Waals surface area contributed by atoms with Crippen molar-refractivity contribution >= 4 is 0 Å². The molecule has 0 aromatic carbocycles. The lowest BCUT2D eigenvalue weighted by Crippen LogP contribution is -2.35. The summed E-state index contributed by atoms with van der Waals surface area (Å²) in [5, 5.41) is 0. The van der Waals surface area contributed by atoms with E-state index in [-0.39, 0.29) is 5.41 Å². The third-order valence-corrected chi connectivity index (χ3v) is 7.13. The average Bonchev–Trinajstić information content (AvgIpc) is 2.58. The summed E-state index contributed by atoms with van der Waals surface area (Å²) in [4.78, 5) is 0. The summed E-state index contributed by atoms with van der Waals surface area (Å²) in [6.45, 7) is 17.3. The van der Waals surface area contributed by atoms with E-state index in [0.29, 0.717) is 18.8 Å². The molecular weight excluding hydrogens is 307 g/mol. The molecule has 0 saturated heterocycles. The van der Waals surface area contributed by atoms with Gasteiger partial charge in [0.25, 0.3) is 0 Å². The molecule has 0 bridgehead atoms. The third-order valence-electron chi connectivity index (χ3n) is 7.13. The van der Waals surface area contributed by atoms with Gasteiger partial charge in [0.15, 0.2) is 0 Å². The fourth-order valence-electron chi connectivity index (χ4n) is 4.71. The molecule has 2 rings (SSSR count). The predicted octanol–water partition coefficient (Wildman–Crippen LogP) is 7.88. The second-order valence-electron chi connectivity index (χ2n) is 8.65. The fraction of sp³-hybridized carbons (Fsp3) is 0.667. The smallest absolute Gasteiger partial charge is 0.108 e. The number of hydrogen-bond donors (Lipinski definition) is 0. The van der Waals surface area contributed by atoms with Crippen LogP contribution < -0.4 is 0 Å². The van der Waals surface area contributed by atoms with Crippen LogP contribution in [0.5, 0.6) is 0 Å². The van der Waals surface area contributed by atoms with Crippen molar-refractivity contribution in [2.45, 2.75) is 92.2 Å². The van der Waals surface area contributed by atoms with Gasteiger partial charge in [0.2, 0.25) is 0 Å². The summed E-state index contributed by atoms with van der Waals surface area (Å²) in [5.74, 6) is 0.632. The first-order valence-corrected chi connectivity index (χ1v) is 10.1. The van der Waals surface area contributed by atoms with Gasteiger partial charge in [-0.1, -0.05) is 56.2 Å². The fourth-order valence-corrected chi connectivity index (χ4v) is 4.71. The lowest BCUT2D eigenvalue weighted by atomic mass is 9.63. The highest BCUT2D eigenvalue weighted by Crippen LogP contribution is 2.51. The van der Waals surface area contributed by atoms with Crippen molar-refractivity contribution in [3.63, 3.8) is 0 Å². The Morgan fingerprint density at radius 2 is 1.88 bits per heavy atom. The first kappa shape index (κ1) is 20.2. The standard InChI is InChI=1S/C24H37F/c1-8-20-15-17(4)18(5)16-22(20)21(9-2)19(6)24(10-3)13-11-23(7,25)12-14-24/h9,16-17H,2,8,10-15H2,1,3-7H3/b21-19+. The molecule has 0 amide bonds. The molecule has 0 aliphatic heterocycles. The molecule has 140 valence electrons. The number of alkyl halides is 1. The highest BCUT2D eigenvalue weighted by molar-refractivity contribution is 5.55. The third kappa shape index (κ3) is 4.01. The molecule has 0 aromatic rings. The van der Waals surface area contributed by atoms with Gasteiger partial charge < -0.3 is 0 Å². The van der Waals surface area contributed by atoms with Crippen molar-refractivity contribution in [3.8, 4) is 0 Å². The van der Waals surface area contributed by atoms with Crippen LogP contribution in [0.4, 0.5) is 4.39 Å². The summed E-state index contributed by atoms with van der Waals surface area (Å²) < 4.78 is 14.4. The SMILES string of the molecule is C=C/C(C1=C(CC)CC(C)C(C)=C1)=C(/C)C1(CC)CCC(C)(F)CC1. The molecule has 25 heavy (non-hydrogen) atoms. The van der Waals surface area contributed by atoms with Crippen LogP contribution in [-0.4, -0.2) is 5.67 Å². The van der Waals surface area contributed by atoms with E-state index in [2.05, 4.69) is 53.3 Å². The van der Waals surface area contributed by atoms with E-state index in [4.69, 9.17) is 0 Å². The summed E-state index contributed by atoms with van der Waals surface area (Å²) in [7, 11) is 0. The maximum absolute atomic E-state index is 14.4. The Morgan fingerprint density at radius 1 is 1.28 bits per heavy atom. The Bertz CT molecular complexity index is 602. The van der Waals surface area contributed by atoms with E-state index in [1.807, 2.05) is 0 Å². The van der Waals surface area contributed by atoms with Crippen molar-refractivity contribution < 1.29 is 4.39 Å². The minimum absolute atomic E-state index is 0.131. The molecule has 0 nitrogen and oxygen atoms in total. The van der Waals surface area contributed by atoms with Crippen LogP contribution in [-0.2, 0) is 0 Å². The zero-order valence-electron chi connectivity index (χ0n) is 17.3. The van der Waals surface area contributed by atoms with Gasteiger partial charge in [-0.15, -0.1) is 0 Å². The van der Waals surface area contributed by atoms with E-state index >= 15 is 0 Å². The molecule has 1 saturated carbocycles. The Morgan fingerprint density at radius 3 is 2.36 bits per heavy atom. The summed E-state index contributed by atoms with van der Waals surface area (Å²) in [5.41, 5.74) is 6.29. The molecule has 0 N–H and O–H groups in total. The Hall–Kier alpha value is -1.11. The Kier molecular flexibility index (Phi) is 6.17. The molecule has 1 unspecified atom stereocenters. The van der Waals surface area contributed by atoms with E-state index in [1.165, 1.54) is 22.3 Å². The van der Waals surface area contributed by atoms with Gasteiger partial charge in [-0.05, 0) is 88.2 Å². The molecule has 0 spiro atoms. The predicted molar refractivity (Wildman–Crippen MR) is 108 cm³/mol. The Labute approximate surface area is 155 Å². The maximum atomic E-state index is 14.4. The molecule has 1 atom stereocenters. The van der Waals surface area contributed by atoms with Crippen molar-refractivity contribution in [2.24, 2.45) is 11.3 Å². The molecule has 1 fully saturated rings. The lowest BCUT2D eigenvalue weighted by molar-refractivity contribution is 0.0680. The number of halogens is 1. The molecule has 2 aliphatic rings. The van der Waals surface area contributed by atoms with Crippen molar-refractivity contribution in [1.29, 1.82) is 0 Å². The van der Waals surface area contributed by atoms with Crippen molar-refractivity contribution in [2.75, 3.05) is 0 Å². The zero-order valence-corrected chi connectivity index (χ0v) is 17.3. The van der Waals surface area contributed by atoms with Gasteiger partial charge in [-0.25, -0.2) is 4.39 Å². The maximum Gasteiger partial charge on any atom is 0.108 e. The van der Waals surface area contributed by atoms with Gasteiger partial charge in [0, 0.05) is 0 Å². The van der Waals surface area contributed by atoms with Gasteiger partial charge in [0.05, 0.1) is 0 Å². The van der Waals surface area contributed by atoms with E-state index in [1.54, 1.807) is 12.5 Å². The molecule has 1 heteroatoms. The number of hydrogen-bond acceptors (Lipinski definition) is 0. The van der Waals surface area contributed by atoms with E-state index in [0.717, 1.165) is 32.1 Å². The quantitative estimate of drug-likeness (QED) is 0.445. The monoisotopic (exact) mass is 344 g/mol. The zero-order chi connectivity index (χ0) is 18.8. The van der Waals surface area contributed by atoms with Crippen LogP contribution in [0.1, 0.15) is 86.5 Å². The minimum atomic E-state index is -0.988. The highest BCUT2D eigenvalue weighted by atomic mass is 19.1. The van der Waals surface area contributed by atoms with Crippen molar-refractivity contribution in [3.05, 3.63) is 46.6 Å². The topological polar surface area (TPSA) is 0 Å². The van der Waals surface area contributed by atoms with Crippen LogP contribution in [0.15, 0.2) is 46.6 Å². The van der Waals surface area contributed by atoms with Gasteiger partial charge >= 0.3 is 0 Å². The first-order chi connectivity index (χ1) is 11.7. The minimum Gasteiger partial charge on any atom is -0.244 e. The van der Waals surface area contributed by atoms with Gasteiger partial charge in [-0.3, -0.25) is 0 Å². The van der Waals surface area contributed by atoms with Crippen LogP contribution in [0.25, 0.3) is 0 Å². The largest absolute Gasteiger partial charge is 0.244 e. The van der Waals surface area contributed by atoms with Crippen LogP contribution >= 0.6 is 0 Å². The van der Waals surface area contributed by atoms with Gasteiger partial charge in [-0.2, -0.15) is 0 Å². The molecular formula is C24H37F. The molecule has 0 aromatic heterocycles. The molecule has 2 aliphatic carbocycles. The number of allylic oxidation sites excluding steroid dienone is 7. The normalized spacial score (nSPS) is 34.5. The van der Waals surface area contributed by atoms with Crippen molar-refractivity contribution in [1.82, 2.24) is 0 Å². The second-order valence-corrected chi connectivity index (χ2v) is 8.65. The van der Waals surface area contributed by atoms with E-state index < -0.39 is 5.67 Å². The molecule has 0 heterocycles. The van der Waals surface area contributed by atoms with Crippen LogP contribution in [0, 0.1) is 11.3 Å². The number of rotatable bonds is 5. The van der Waals surface area contributed by atoms with Crippen LogP contribution in [0.3, 0.4) is 0 Å².